The lowest BCUT2D eigenvalue weighted by molar-refractivity contribution is -0.0999. The third kappa shape index (κ3) is 5.57. The van der Waals surface area contributed by atoms with E-state index < -0.39 is 23.5 Å². The zero-order valence-corrected chi connectivity index (χ0v) is 14.4. The highest BCUT2D eigenvalue weighted by molar-refractivity contribution is 5.68. The summed E-state index contributed by atoms with van der Waals surface area (Å²) < 4.78 is 34.3. The van der Waals surface area contributed by atoms with Crippen LogP contribution < -0.4 is 5.32 Å². The second-order valence-electron chi connectivity index (χ2n) is 7.53. The zero-order valence-electron chi connectivity index (χ0n) is 14.4. The number of hydrogen-bond donors (Lipinski definition) is 1. The Labute approximate surface area is 137 Å². The molecule has 0 aromatic rings. The van der Waals surface area contributed by atoms with Crippen LogP contribution in [0.15, 0.2) is 0 Å². The van der Waals surface area contributed by atoms with Gasteiger partial charge in [-0.2, -0.15) is 0 Å². The number of piperidine rings is 1. The smallest absolute Gasteiger partial charge is 0.410 e. The van der Waals surface area contributed by atoms with E-state index in [9.17, 15) is 13.6 Å². The molecule has 0 aromatic heterocycles. The first-order valence-electron chi connectivity index (χ1n) is 8.46. The van der Waals surface area contributed by atoms with E-state index in [4.69, 9.17) is 4.74 Å². The van der Waals surface area contributed by atoms with Gasteiger partial charge in [0.25, 0.3) is 5.92 Å². The number of rotatable bonds is 3. The minimum atomic E-state index is -2.70. The quantitative estimate of drug-likeness (QED) is 0.860. The normalized spacial score (nSPS) is 22.2. The first-order valence-corrected chi connectivity index (χ1v) is 8.46. The molecule has 0 radical (unpaired) electrons. The van der Waals surface area contributed by atoms with Gasteiger partial charge in [-0.05, 0) is 33.6 Å². The van der Waals surface area contributed by atoms with E-state index in [-0.39, 0.29) is 6.54 Å². The van der Waals surface area contributed by atoms with Crippen LogP contribution in [0.2, 0.25) is 0 Å². The number of amides is 1. The molecule has 5 nitrogen and oxygen atoms in total. The number of carbonyl (C=O) groups excluding carboxylic acids is 1. The lowest BCUT2D eigenvalue weighted by Crippen LogP contribution is -2.52. The molecule has 1 N–H and O–H groups in total. The van der Waals surface area contributed by atoms with Crippen molar-refractivity contribution in [2.75, 3.05) is 45.8 Å². The Morgan fingerprint density at radius 3 is 2.22 bits per heavy atom. The number of nitrogens with one attached hydrogen (secondary N) is 1. The fourth-order valence-electron chi connectivity index (χ4n) is 3.11. The predicted molar refractivity (Wildman–Crippen MR) is 84.8 cm³/mol. The Morgan fingerprint density at radius 2 is 1.70 bits per heavy atom. The van der Waals surface area contributed by atoms with Gasteiger partial charge in [0.15, 0.2) is 0 Å². The van der Waals surface area contributed by atoms with Crippen LogP contribution in [0.4, 0.5) is 13.6 Å². The van der Waals surface area contributed by atoms with Crippen molar-refractivity contribution in [1.82, 2.24) is 15.1 Å². The molecule has 0 bridgehead atoms. The molecule has 0 spiro atoms. The molecule has 23 heavy (non-hydrogen) atoms. The maximum atomic E-state index is 14.5. The monoisotopic (exact) mass is 333 g/mol. The van der Waals surface area contributed by atoms with Gasteiger partial charge in [0.05, 0.1) is 6.54 Å². The van der Waals surface area contributed by atoms with Crippen LogP contribution in [0.5, 0.6) is 0 Å². The number of hydrogen-bond acceptors (Lipinski definition) is 4. The van der Waals surface area contributed by atoms with Gasteiger partial charge in [-0.1, -0.05) is 0 Å². The Morgan fingerprint density at radius 1 is 1.13 bits per heavy atom. The summed E-state index contributed by atoms with van der Waals surface area (Å²) in [6, 6.07) is 0. The van der Waals surface area contributed by atoms with Gasteiger partial charge in [0, 0.05) is 45.2 Å². The lowest BCUT2D eigenvalue weighted by Gasteiger charge is -2.39. The summed E-state index contributed by atoms with van der Waals surface area (Å²) in [7, 11) is 0. The van der Waals surface area contributed by atoms with Crippen LogP contribution in [0.3, 0.4) is 0 Å². The highest BCUT2D eigenvalue weighted by Gasteiger charge is 2.43. The van der Waals surface area contributed by atoms with Crippen molar-refractivity contribution >= 4 is 6.09 Å². The Kier molecular flexibility index (Phi) is 5.84. The van der Waals surface area contributed by atoms with Gasteiger partial charge < -0.3 is 15.0 Å². The lowest BCUT2D eigenvalue weighted by atomic mass is 9.90. The standard InChI is InChI=1S/C16H29F2N3O2/c1-15(2,3)23-14(22)21-8-4-13(5-9-21)16(17,18)12-20-10-6-19-7-11-20/h13,19H,4-12H2,1-3H3. The molecule has 2 aliphatic heterocycles. The Balaban J connectivity index is 1.81. The molecule has 0 saturated carbocycles. The third-order valence-corrected chi connectivity index (χ3v) is 4.39. The summed E-state index contributed by atoms with van der Waals surface area (Å²) in [5.74, 6) is -3.35. The SMILES string of the molecule is CC(C)(C)OC(=O)N1CCC(C(F)(F)CN2CCNCC2)CC1. The van der Waals surface area contributed by atoms with Crippen LogP contribution >= 0.6 is 0 Å². The molecule has 1 amide bonds. The molecule has 134 valence electrons. The topological polar surface area (TPSA) is 44.8 Å². The van der Waals surface area contributed by atoms with Crippen molar-refractivity contribution in [3.63, 3.8) is 0 Å². The van der Waals surface area contributed by atoms with Gasteiger partial charge in [0.2, 0.25) is 0 Å². The molecule has 2 fully saturated rings. The van der Waals surface area contributed by atoms with E-state index in [1.165, 1.54) is 0 Å². The predicted octanol–water partition coefficient (Wildman–Crippen LogP) is 2.17. The molecule has 2 saturated heterocycles. The highest BCUT2D eigenvalue weighted by Crippen LogP contribution is 2.34. The van der Waals surface area contributed by atoms with Crippen molar-refractivity contribution in [3.05, 3.63) is 0 Å². The summed E-state index contributed by atoms with van der Waals surface area (Å²) in [6.45, 7) is 8.82. The maximum Gasteiger partial charge on any atom is 0.410 e. The second kappa shape index (κ2) is 7.30. The summed E-state index contributed by atoms with van der Waals surface area (Å²) in [5, 5.41) is 3.17. The first-order chi connectivity index (χ1) is 10.7. The summed E-state index contributed by atoms with van der Waals surface area (Å²) in [5.41, 5.74) is -0.555. The van der Waals surface area contributed by atoms with E-state index in [1.54, 1.807) is 25.7 Å². The van der Waals surface area contributed by atoms with Gasteiger partial charge in [-0.15, -0.1) is 0 Å². The summed E-state index contributed by atoms with van der Waals surface area (Å²) in [4.78, 5) is 15.4. The van der Waals surface area contributed by atoms with Crippen molar-refractivity contribution in [2.45, 2.75) is 45.1 Å². The summed E-state index contributed by atoms with van der Waals surface area (Å²) in [6.07, 6.45) is 0.262. The van der Waals surface area contributed by atoms with E-state index in [1.807, 2.05) is 4.90 Å². The number of likely N-dealkylation sites (tertiary alicyclic amines) is 1. The number of ether oxygens (including phenoxy) is 1. The molecular formula is C16H29F2N3O2. The Hall–Kier alpha value is -0.950. The van der Waals surface area contributed by atoms with Crippen LogP contribution in [-0.2, 0) is 4.74 Å². The average molecular weight is 333 g/mol. The minimum absolute atomic E-state index is 0.175. The van der Waals surface area contributed by atoms with E-state index >= 15 is 0 Å². The Bertz CT molecular complexity index is 399. The number of halogens is 2. The molecular weight excluding hydrogens is 304 g/mol. The largest absolute Gasteiger partial charge is 0.444 e. The number of carbonyl (C=O) groups is 1. The number of alkyl halides is 2. The molecule has 2 rings (SSSR count). The first kappa shape index (κ1) is 18.4. The van der Waals surface area contributed by atoms with E-state index in [2.05, 4.69) is 5.32 Å². The van der Waals surface area contributed by atoms with Crippen LogP contribution in [0.25, 0.3) is 0 Å². The van der Waals surface area contributed by atoms with Gasteiger partial charge in [-0.3, -0.25) is 4.90 Å². The molecule has 2 aliphatic rings. The molecule has 0 aromatic carbocycles. The minimum Gasteiger partial charge on any atom is -0.444 e. The molecule has 0 aliphatic carbocycles. The highest BCUT2D eigenvalue weighted by atomic mass is 19.3. The number of piperazine rings is 1. The van der Waals surface area contributed by atoms with E-state index in [0.717, 1.165) is 13.1 Å². The third-order valence-electron chi connectivity index (χ3n) is 4.39. The fraction of sp³-hybridized carbons (Fsp3) is 0.938. The summed E-state index contributed by atoms with van der Waals surface area (Å²) >= 11 is 0. The van der Waals surface area contributed by atoms with Crippen molar-refractivity contribution in [3.8, 4) is 0 Å². The molecule has 7 heteroatoms. The van der Waals surface area contributed by atoms with Crippen molar-refractivity contribution < 1.29 is 18.3 Å². The van der Waals surface area contributed by atoms with Crippen LogP contribution in [-0.4, -0.2) is 73.2 Å². The van der Waals surface area contributed by atoms with Crippen LogP contribution in [0.1, 0.15) is 33.6 Å². The second-order valence-corrected chi connectivity index (χ2v) is 7.53. The van der Waals surface area contributed by atoms with Gasteiger partial charge in [-0.25, -0.2) is 13.6 Å². The van der Waals surface area contributed by atoms with Crippen molar-refractivity contribution in [1.29, 1.82) is 0 Å². The fourth-order valence-corrected chi connectivity index (χ4v) is 3.11. The molecule has 0 unspecified atom stereocenters. The average Bonchev–Trinajstić information content (AvgIpc) is 2.46. The van der Waals surface area contributed by atoms with Gasteiger partial charge in [0.1, 0.15) is 5.60 Å². The zero-order chi connectivity index (χ0) is 17.1. The van der Waals surface area contributed by atoms with Gasteiger partial charge >= 0.3 is 6.09 Å². The van der Waals surface area contributed by atoms with Crippen LogP contribution in [0, 0.1) is 5.92 Å². The van der Waals surface area contributed by atoms with E-state index in [0.29, 0.717) is 39.0 Å². The molecule has 0 atom stereocenters. The molecule has 2 heterocycles. The number of nitrogens with zero attached hydrogens (tertiary/aromatic N) is 2. The van der Waals surface area contributed by atoms with Crippen molar-refractivity contribution in [2.24, 2.45) is 5.92 Å². The maximum absolute atomic E-state index is 14.5.